The molecule has 0 radical (unpaired) electrons. The predicted molar refractivity (Wildman–Crippen MR) is 85.2 cm³/mol. The number of aliphatic hydroxyl groups is 1. The number of nitrogens with one attached hydrogen (secondary N) is 1. The number of carbonyl (C=O) groups excluding carboxylic acids is 1. The van der Waals surface area contributed by atoms with Crippen molar-refractivity contribution < 1.29 is 9.90 Å². The molecule has 8 heteroatoms. The monoisotopic (exact) mass is 321 g/mol. The van der Waals surface area contributed by atoms with E-state index in [1.165, 1.54) is 4.68 Å². The van der Waals surface area contributed by atoms with Gasteiger partial charge in [0.05, 0.1) is 23.9 Å². The molecule has 1 amide bonds. The van der Waals surface area contributed by atoms with E-state index in [9.17, 15) is 9.90 Å². The minimum atomic E-state index is -0.261. The van der Waals surface area contributed by atoms with Crippen molar-refractivity contribution in [2.45, 2.75) is 19.4 Å². The topological polar surface area (TPSA) is 92.9 Å². The van der Waals surface area contributed by atoms with Crippen molar-refractivity contribution in [3.63, 3.8) is 0 Å². The minimum absolute atomic E-state index is 0.0849. The van der Waals surface area contributed by atoms with E-state index >= 15 is 0 Å². The van der Waals surface area contributed by atoms with Crippen molar-refractivity contribution in [2.75, 3.05) is 18.6 Å². The van der Waals surface area contributed by atoms with E-state index in [2.05, 4.69) is 20.8 Å². The number of tetrazole rings is 1. The molecule has 0 bridgehead atoms. The van der Waals surface area contributed by atoms with Gasteiger partial charge in [0.2, 0.25) is 0 Å². The second-order valence-electron chi connectivity index (χ2n) is 4.79. The van der Waals surface area contributed by atoms with Gasteiger partial charge in [-0.25, -0.2) is 0 Å². The Morgan fingerprint density at radius 1 is 1.45 bits per heavy atom. The molecular weight excluding hydrogens is 302 g/mol. The Hall–Kier alpha value is -1.93. The Morgan fingerprint density at radius 3 is 2.86 bits per heavy atom. The van der Waals surface area contributed by atoms with Crippen LogP contribution < -0.4 is 5.32 Å². The Kier molecular flexibility index (Phi) is 5.91. The lowest BCUT2D eigenvalue weighted by Gasteiger charge is -2.17. The first-order valence-electron chi connectivity index (χ1n) is 6.92. The van der Waals surface area contributed by atoms with Gasteiger partial charge >= 0.3 is 0 Å². The number of aromatic nitrogens is 4. The van der Waals surface area contributed by atoms with Gasteiger partial charge in [-0.15, -0.1) is 5.10 Å². The SMILES string of the molecule is CSCC[C@@H](CO)NC(=O)c1ccccc1-n1nnnc1C. The zero-order chi connectivity index (χ0) is 15.9. The number of aryl methyl sites for hydroxylation is 1. The lowest BCUT2D eigenvalue weighted by atomic mass is 10.1. The van der Waals surface area contributed by atoms with E-state index in [-0.39, 0.29) is 18.6 Å². The highest BCUT2D eigenvalue weighted by atomic mass is 32.2. The number of hydrogen-bond donors (Lipinski definition) is 2. The van der Waals surface area contributed by atoms with Crippen LogP contribution in [0, 0.1) is 6.92 Å². The largest absolute Gasteiger partial charge is 0.394 e. The van der Waals surface area contributed by atoms with Gasteiger partial charge < -0.3 is 10.4 Å². The van der Waals surface area contributed by atoms with Gasteiger partial charge in [-0.1, -0.05) is 12.1 Å². The smallest absolute Gasteiger partial charge is 0.253 e. The quantitative estimate of drug-likeness (QED) is 0.784. The molecule has 0 saturated heterocycles. The maximum atomic E-state index is 12.5. The molecule has 118 valence electrons. The van der Waals surface area contributed by atoms with Crippen molar-refractivity contribution in [2.24, 2.45) is 0 Å². The summed E-state index contributed by atoms with van der Waals surface area (Å²) in [6.45, 7) is 1.68. The second kappa shape index (κ2) is 7.90. The summed E-state index contributed by atoms with van der Waals surface area (Å²) in [7, 11) is 0. The van der Waals surface area contributed by atoms with E-state index in [1.807, 2.05) is 12.3 Å². The third-order valence-corrected chi connectivity index (χ3v) is 3.87. The molecule has 1 aromatic carbocycles. The molecule has 0 fully saturated rings. The van der Waals surface area contributed by atoms with Gasteiger partial charge in [0.25, 0.3) is 5.91 Å². The molecule has 1 heterocycles. The number of aliphatic hydroxyl groups excluding tert-OH is 1. The first-order valence-corrected chi connectivity index (χ1v) is 8.31. The summed E-state index contributed by atoms with van der Waals surface area (Å²) in [6, 6.07) is 6.85. The Labute approximate surface area is 133 Å². The van der Waals surface area contributed by atoms with E-state index in [0.717, 1.165) is 12.2 Å². The van der Waals surface area contributed by atoms with Gasteiger partial charge in [0.15, 0.2) is 5.82 Å². The van der Waals surface area contributed by atoms with Crippen LogP contribution in [0.5, 0.6) is 0 Å². The first kappa shape index (κ1) is 16.4. The predicted octanol–water partition coefficient (Wildman–Crippen LogP) is 0.815. The molecule has 0 aliphatic carbocycles. The molecule has 0 aliphatic heterocycles. The molecule has 0 aliphatic rings. The second-order valence-corrected chi connectivity index (χ2v) is 5.78. The fourth-order valence-corrected chi connectivity index (χ4v) is 2.56. The Morgan fingerprint density at radius 2 is 2.23 bits per heavy atom. The van der Waals surface area contributed by atoms with E-state index in [0.29, 0.717) is 17.1 Å². The number of hydrogen-bond acceptors (Lipinski definition) is 6. The molecule has 2 aromatic rings. The van der Waals surface area contributed by atoms with Crippen LogP contribution in [0.1, 0.15) is 22.6 Å². The molecule has 2 N–H and O–H groups in total. The lowest BCUT2D eigenvalue weighted by Crippen LogP contribution is -2.38. The van der Waals surface area contributed by atoms with E-state index in [4.69, 9.17) is 0 Å². The van der Waals surface area contributed by atoms with Crippen LogP contribution in [0.2, 0.25) is 0 Å². The first-order chi connectivity index (χ1) is 10.7. The number of benzene rings is 1. The maximum absolute atomic E-state index is 12.5. The van der Waals surface area contributed by atoms with Crippen molar-refractivity contribution in [1.82, 2.24) is 25.5 Å². The van der Waals surface area contributed by atoms with Crippen LogP contribution in [0.4, 0.5) is 0 Å². The summed E-state index contributed by atoms with van der Waals surface area (Å²) < 4.78 is 1.52. The lowest BCUT2D eigenvalue weighted by molar-refractivity contribution is 0.0915. The summed E-state index contributed by atoms with van der Waals surface area (Å²) >= 11 is 1.68. The van der Waals surface area contributed by atoms with Crippen LogP contribution in [-0.4, -0.2) is 55.9 Å². The highest BCUT2D eigenvalue weighted by molar-refractivity contribution is 7.98. The highest BCUT2D eigenvalue weighted by Gasteiger charge is 2.18. The van der Waals surface area contributed by atoms with Crippen LogP contribution in [-0.2, 0) is 0 Å². The van der Waals surface area contributed by atoms with Crippen LogP contribution in [0.25, 0.3) is 5.69 Å². The molecule has 2 rings (SSSR count). The summed E-state index contributed by atoms with van der Waals surface area (Å²) in [5, 5.41) is 23.6. The number of thioether (sulfide) groups is 1. The van der Waals surface area contributed by atoms with Crippen molar-refractivity contribution in [3.8, 4) is 5.69 Å². The Bertz CT molecular complexity index is 631. The standard InChI is InChI=1S/C14H19N5O2S/c1-10-16-17-18-19(10)13-6-4-3-5-12(13)14(21)15-11(9-20)7-8-22-2/h3-6,11,20H,7-9H2,1-2H3,(H,15,21)/t11-/m0/s1. The molecule has 22 heavy (non-hydrogen) atoms. The number of nitrogens with zero attached hydrogens (tertiary/aromatic N) is 4. The number of para-hydroxylation sites is 1. The Balaban J connectivity index is 2.22. The number of rotatable bonds is 7. The molecule has 7 nitrogen and oxygen atoms in total. The summed E-state index contributed by atoms with van der Waals surface area (Å²) in [6.07, 6.45) is 2.71. The highest BCUT2D eigenvalue weighted by Crippen LogP contribution is 2.14. The molecular formula is C14H19N5O2S. The molecule has 0 unspecified atom stereocenters. The van der Waals surface area contributed by atoms with E-state index in [1.54, 1.807) is 36.9 Å². The van der Waals surface area contributed by atoms with Crippen molar-refractivity contribution in [1.29, 1.82) is 0 Å². The summed E-state index contributed by atoms with van der Waals surface area (Å²) in [5.74, 6) is 1.23. The molecule has 0 saturated carbocycles. The zero-order valence-electron chi connectivity index (χ0n) is 12.6. The summed E-state index contributed by atoms with van der Waals surface area (Å²) in [4.78, 5) is 12.5. The van der Waals surface area contributed by atoms with Gasteiger partial charge in [-0.05, 0) is 47.9 Å². The third-order valence-electron chi connectivity index (χ3n) is 3.23. The minimum Gasteiger partial charge on any atom is -0.394 e. The summed E-state index contributed by atoms with van der Waals surface area (Å²) in [5.41, 5.74) is 1.09. The van der Waals surface area contributed by atoms with Crippen molar-refractivity contribution >= 4 is 17.7 Å². The van der Waals surface area contributed by atoms with Crippen LogP contribution in [0.15, 0.2) is 24.3 Å². The maximum Gasteiger partial charge on any atom is 0.253 e. The van der Waals surface area contributed by atoms with Gasteiger partial charge in [-0.3, -0.25) is 4.79 Å². The van der Waals surface area contributed by atoms with Crippen LogP contribution in [0.3, 0.4) is 0 Å². The fraction of sp³-hybridized carbons (Fsp3) is 0.429. The van der Waals surface area contributed by atoms with Gasteiger partial charge in [0.1, 0.15) is 0 Å². The molecule has 1 aromatic heterocycles. The molecule has 1 atom stereocenters. The average molecular weight is 321 g/mol. The van der Waals surface area contributed by atoms with Gasteiger partial charge in [-0.2, -0.15) is 16.4 Å². The average Bonchev–Trinajstić information content (AvgIpc) is 2.97. The fourth-order valence-electron chi connectivity index (χ4n) is 2.04. The normalized spacial score (nSPS) is 12.1. The van der Waals surface area contributed by atoms with Crippen molar-refractivity contribution in [3.05, 3.63) is 35.7 Å². The number of amides is 1. The molecule has 0 spiro atoms. The zero-order valence-corrected chi connectivity index (χ0v) is 13.4. The van der Waals surface area contributed by atoms with E-state index < -0.39 is 0 Å². The number of carbonyl (C=O) groups is 1. The van der Waals surface area contributed by atoms with Gasteiger partial charge in [0, 0.05) is 0 Å². The van der Waals surface area contributed by atoms with Crippen LogP contribution >= 0.6 is 11.8 Å². The third kappa shape index (κ3) is 3.83.